The van der Waals surface area contributed by atoms with Crippen molar-refractivity contribution in [2.24, 2.45) is 0 Å². The second-order valence-corrected chi connectivity index (χ2v) is 8.78. The molecule has 0 unspecified atom stereocenters. The van der Waals surface area contributed by atoms with Gasteiger partial charge in [-0.05, 0) is 81.1 Å². The average Bonchev–Trinajstić information content (AvgIpc) is 3.26. The quantitative estimate of drug-likeness (QED) is 0.463. The summed E-state index contributed by atoms with van der Waals surface area (Å²) in [7, 11) is 0. The highest BCUT2D eigenvalue weighted by Gasteiger charge is 2.25. The normalized spacial score (nSPS) is 14.5. The largest absolute Gasteiger partial charge is 0.363 e. The van der Waals surface area contributed by atoms with Crippen molar-refractivity contribution in [1.82, 2.24) is 20.1 Å². The van der Waals surface area contributed by atoms with Gasteiger partial charge in [0.2, 0.25) is 0 Å². The first-order valence-corrected chi connectivity index (χ1v) is 11.8. The predicted octanol–water partition coefficient (Wildman–Crippen LogP) is 4.19. The lowest BCUT2D eigenvalue weighted by atomic mass is 10.1. The molecular formula is C24H36N4OS. The van der Waals surface area contributed by atoms with Crippen LogP contribution in [0.4, 0.5) is 0 Å². The van der Waals surface area contributed by atoms with Crippen LogP contribution in [0.3, 0.4) is 0 Å². The van der Waals surface area contributed by atoms with E-state index in [0.29, 0.717) is 12.6 Å². The molecule has 1 heterocycles. The molecule has 1 aliphatic carbocycles. The standard InChI is InChI=1S/C24H36N4OS/c1-4-27(5-2)14-8-13-25-24(30)28(21-9-6-7-10-21)17-20-16-19-12-11-18(3)15-22(19)26-23(20)29/h11-12,15-16,21H,4-10,13-14,17H2,1-3H3,(H,25,30)(H,26,29). The van der Waals surface area contributed by atoms with Crippen molar-refractivity contribution in [3.8, 4) is 0 Å². The Morgan fingerprint density at radius 2 is 1.93 bits per heavy atom. The summed E-state index contributed by atoms with van der Waals surface area (Å²) < 4.78 is 0. The molecule has 1 saturated carbocycles. The number of hydrogen-bond acceptors (Lipinski definition) is 3. The molecule has 0 amide bonds. The molecule has 2 aromatic rings. The third-order valence-electron chi connectivity index (χ3n) is 6.27. The summed E-state index contributed by atoms with van der Waals surface area (Å²) in [5.74, 6) is 0. The molecule has 30 heavy (non-hydrogen) atoms. The Labute approximate surface area is 185 Å². The number of aromatic amines is 1. The summed E-state index contributed by atoms with van der Waals surface area (Å²) in [5, 5.41) is 5.32. The molecule has 0 spiro atoms. The first-order chi connectivity index (χ1) is 14.5. The Kier molecular flexibility index (Phi) is 8.28. The average molecular weight is 429 g/mol. The number of fused-ring (bicyclic) bond motifs is 1. The fourth-order valence-electron chi connectivity index (χ4n) is 4.38. The Bertz CT molecular complexity index is 900. The summed E-state index contributed by atoms with van der Waals surface area (Å²) >= 11 is 5.79. The van der Waals surface area contributed by atoms with Gasteiger partial charge in [-0.25, -0.2) is 0 Å². The number of H-pyrrole nitrogens is 1. The van der Waals surface area contributed by atoms with Gasteiger partial charge in [-0.2, -0.15) is 0 Å². The summed E-state index contributed by atoms with van der Waals surface area (Å²) in [6.07, 6.45) is 5.83. The van der Waals surface area contributed by atoms with Gasteiger partial charge in [0, 0.05) is 23.7 Å². The molecule has 0 aliphatic heterocycles. The number of nitrogens with one attached hydrogen (secondary N) is 2. The topological polar surface area (TPSA) is 51.4 Å². The summed E-state index contributed by atoms with van der Waals surface area (Å²) in [6.45, 7) is 11.1. The SMILES string of the molecule is CCN(CC)CCCNC(=S)N(Cc1cc2ccc(C)cc2[nH]c1=O)C1CCCC1. The van der Waals surface area contributed by atoms with Gasteiger partial charge in [0.15, 0.2) is 5.11 Å². The number of hydrogen-bond donors (Lipinski definition) is 2. The van der Waals surface area contributed by atoms with Crippen molar-refractivity contribution < 1.29 is 0 Å². The Morgan fingerprint density at radius 3 is 2.63 bits per heavy atom. The van der Waals surface area contributed by atoms with Gasteiger partial charge in [0.05, 0.1) is 6.54 Å². The fraction of sp³-hybridized carbons (Fsp3) is 0.583. The van der Waals surface area contributed by atoms with E-state index in [0.717, 1.165) is 72.6 Å². The molecule has 1 aliphatic rings. The monoisotopic (exact) mass is 428 g/mol. The molecule has 6 heteroatoms. The van der Waals surface area contributed by atoms with E-state index in [9.17, 15) is 4.79 Å². The number of nitrogens with zero attached hydrogens (tertiary/aromatic N) is 2. The number of pyridine rings is 1. The maximum atomic E-state index is 12.8. The molecule has 1 fully saturated rings. The highest BCUT2D eigenvalue weighted by atomic mass is 32.1. The van der Waals surface area contributed by atoms with Crippen LogP contribution in [0.25, 0.3) is 10.9 Å². The van der Waals surface area contributed by atoms with Crippen LogP contribution in [-0.4, -0.2) is 52.1 Å². The molecule has 0 radical (unpaired) electrons. The third-order valence-corrected chi connectivity index (χ3v) is 6.65. The number of aromatic nitrogens is 1. The Hall–Kier alpha value is -1.92. The second kappa shape index (κ2) is 10.9. The van der Waals surface area contributed by atoms with Gasteiger partial charge in [-0.15, -0.1) is 0 Å². The molecule has 2 N–H and O–H groups in total. The predicted molar refractivity (Wildman–Crippen MR) is 130 cm³/mol. The minimum atomic E-state index is -0.0135. The fourth-order valence-corrected chi connectivity index (χ4v) is 4.70. The highest BCUT2D eigenvalue weighted by molar-refractivity contribution is 7.80. The van der Waals surface area contributed by atoms with Gasteiger partial charge in [0.25, 0.3) is 5.56 Å². The van der Waals surface area contributed by atoms with Crippen LogP contribution in [-0.2, 0) is 6.54 Å². The van der Waals surface area contributed by atoms with Crippen molar-refractivity contribution in [3.05, 3.63) is 45.7 Å². The van der Waals surface area contributed by atoms with Crippen molar-refractivity contribution in [2.45, 2.75) is 65.5 Å². The van der Waals surface area contributed by atoms with Crippen LogP contribution >= 0.6 is 12.2 Å². The van der Waals surface area contributed by atoms with Crippen molar-refractivity contribution >= 4 is 28.2 Å². The molecule has 5 nitrogen and oxygen atoms in total. The Balaban J connectivity index is 1.70. The van der Waals surface area contributed by atoms with E-state index in [1.807, 2.05) is 19.1 Å². The van der Waals surface area contributed by atoms with Crippen molar-refractivity contribution in [1.29, 1.82) is 0 Å². The maximum Gasteiger partial charge on any atom is 0.253 e. The molecule has 0 bridgehead atoms. The zero-order valence-electron chi connectivity index (χ0n) is 18.7. The van der Waals surface area contributed by atoms with Gasteiger partial charge in [-0.3, -0.25) is 4.79 Å². The lowest BCUT2D eigenvalue weighted by molar-refractivity contribution is 0.291. The van der Waals surface area contributed by atoms with Crippen LogP contribution in [0, 0.1) is 6.92 Å². The maximum absolute atomic E-state index is 12.8. The minimum absolute atomic E-state index is 0.0135. The smallest absolute Gasteiger partial charge is 0.253 e. The first kappa shape index (κ1) is 22.8. The van der Waals surface area contributed by atoms with Crippen LogP contribution in [0.1, 0.15) is 57.1 Å². The van der Waals surface area contributed by atoms with Crippen LogP contribution in [0.2, 0.25) is 0 Å². The first-order valence-electron chi connectivity index (χ1n) is 11.4. The summed E-state index contributed by atoms with van der Waals surface area (Å²) in [4.78, 5) is 20.5. The Morgan fingerprint density at radius 1 is 1.20 bits per heavy atom. The summed E-state index contributed by atoms with van der Waals surface area (Å²) in [6, 6.07) is 8.63. The number of benzene rings is 1. The van der Waals surface area contributed by atoms with Crippen LogP contribution < -0.4 is 10.9 Å². The minimum Gasteiger partial charge on any atom is -0.363 e. The van der Waals surface area contributed by atoms with E-state index in [1.54, 1.807) is 0 Å². The molecule has 164 valence electrons. The van der Waals surface area contributed by atoms with E-state index >= 15 is 0 Å². The summed E-state index contributed by atoms with van der Waals surface area (Å²) in [5.41, 5.74) is 2.81. The van der Waals surface area contributed by atoms with Gasteiger partial charge in [0.1, 0.15) is 0 Å². The number of thiocarbonyl (C=S) groups is 1. The zero-order chi connectivity index (χ0) is 21.5. The van der Waals surface area contributed by atoms with Crippen LogP contribution in [0.5, 0.6) is 0 Å². The van der Waals surface area contributed by atoms with Crippen LogP contribution in [0.15, 0.2) is 29.1 Å². The van der Waals surface area contributed by atoms with E-state index in [2.05, 4.69) is 46.1 Å². The number of aryl methyl sites for hydroxylation is 1. The lowest BCUT2D eigenvalue weighted by Crippen LogP contribution is -2.46. The van der Waals surface area contributed by atoms with Gasteiger partial charge >= 0.3 is 0 Å². The van der Waals surface area contributed by atoms with Gasteiger partial charge in [-0.1, -0.05) is 38.8 Å². The van der Waals surface area contributed by atoms with Crippen molar-refractivity contribution in [2.75, 3.05) is 26.2 Å². The molecule has 1 aromatic carbocycles. The molecule has 3 rings (SSSR count). The molecular weight excluding hydrogens is 392 g/mol. The second-order valence-electron chi connectivity index (χ2n) is 8.39. The number of rotatable bonds is 9. The van der Waals surface area contributed by atoms with E-state index < -0.39 is 0 Å². The molecule has 0 atom stereocenters. The highest BCUT2D eigenvalue weighted by Crippen LogP contribution is 2.25. The van der Waals surface area contributed by atoms with E-state index in [1.165, 1.54) is 12.8 Å². The zero-order valence-corrected chi connectivity index (χ0v) is 19.5. The van der Waals surface area contributed by atoms with E-state index in [-0.39, 0.29) is 5.56 Å². The van der Waals surface area contributed by atoms with Gasteiger partial charge < -0.3 is 20.1 Å². The molecule has 0 saturated heterocycles. The lowest BCUT2D eigenvalue weighted by Gasteiger charge is -2.32. The van der Waals surface area contributed by atoms with Crippen molar-refractivity contribution in [3.63, 3.8) is 0 Å². The molecule has 1 aromatic heterocycles. The van der Waals surface area contributed by atoms with E-state index in [4.69, 9.17) is 12.2 Å². The third kappa shape index (κ3) is 5.82.